The molecule has 4 heteroatoms. The summed E-state index contributed by atoms with van der Waals surface area (Å²) in [5, 5.41) is 8.91. The fourth-order valence-electron chi connectivity index (χ4n) is 5.14. The van der Waals surface area contributed by atoms with Gasteiger partial charge in [0.25, 0.3) is 0 Å². The van der Waals surface area contributed by atoms with Gasteiger partial charge in [0.1, 0.15) is 0 Å². The molecule has 0 radical (unpaired) electrons. The van der Waals surface area contributed by atoms with Crippen molar-refractivity contribution in [3.63, 3.8) is 0 Å². The lowest BCUT2D eigenvalue weighted by Gasteiger charge is -2.56. The van der Waals surface area contributed by atoms with Gasteiger partial charge in [0.15, 0.2) is 5.69 Å². The molecule has 0 amide bonds. The lowest BCUT2D eigenvalue weighted by atomic mass is 9.49. The van der Waals surface area contributed by atoms with E-state index in [0.717, 1.165) is 23.4 Å². The number of carbonyl (C=O) groups is 1. The minimum Gasteiger partial charge on any atom is -0.476 e. The van der Waals surface area contributed by atoms with Crippen LogP contribution in [0.3, 0.4) is 0 Å². The highest BCUT2D eigenvalue weighted by Crippen LogP contribution is 2.60. The van der Waals surface area contributed by atoms with Gasteiger partial charge in [0.05, 0.1) is 11.9 Å². The van der Waals surface area contributed by atoms with E-state index in [0.29, 0.717) is 0 Å². The van der Waals surface area contributed by atoms with Gasteiger partial charge >= 0.3 is 5.97 Å². The monoisotopic (exact) mass is 258 g/mol. The van der Waals surface area contributed by atoms with Crippen LogP contribution < -0.4 is 0 Å². The number of hydrogen-bond acceptors (Lipinski definition) is 3. The summed E-state index contributed by atoms with van der Waals surface area (Å²) in [7, 11) is 0. The zero-order chi connectivity index (χ0) is 13.0. The van der Waals surface area contributed by atoms with Crippen LogP contribution in [0.25, 0.3) is 0 Å². The predicted octanol–water partition coefficient (Wildman–Crippen LogP) is 2.64. The second-order valence-electron chi connectivity index (χ2n) is 6.79. The van der Waals surface area contributed by atoms with Crippen molar-refractivity contribution >= 4 is 5.97 Å². The normalized spacial score (nSPS) is 39.5. The van der Waals surface area contributed by atoms with Crippen molar-refractivity contribution in [1.82, 2.24) is 9.97 Å². The number of carboxylic acids is 1. The molecular formula is C15H18N2O2. The quantitative estimate of drug-likeness (QED) is 0.885. The van der Waals surface area contributed by atoms with Crippen molar-refractivity contribution < 1.29 is 9.90 Å². The summed E-state index contributed by atoms with van der Waals surface area (Å²) in [5.74, 6) is 1.61. The van der Waals surface area contributed by atoms with Crippen molar-refractivity contribution in [3.8, 4) is 0 Å². The highest BCUT2D eigenvalue weighted by Gasteiger charge is 2.52. The van der Waals surface area contributed by atoms with Crippen LogP contribution in [0.15, 0.2) is 12.4 Å². The summed E-state index contributed by atoms with van der Waals surface area (Å²) in [6.07, 6.45) is 11.1. The van der Waals surface area contributed by atoms with Crippen LogP contribution >= 0.6 is 0 Å². The molecular weight excluding hydrogens is 240 g/mol. The Morgan fingerprint density at radius 2 is 1.63 bits per heavy atom. The van der Waals surface area contributed by atoms with Gasteiger partial charge in [-0.1, -0.05) is 0 Å². The van der Waals surface area contributed by atoms with Crippen molar-refractivity contribution in [2.45, 2.75) is 43.9 Å². The first-order valence-electron chi connectivity index (χ1n) is 7.20. The average Bonchev–Trinajstić information content (AvgIpc) is 2.37. The molecule has 1 aromatic rings. The molecule has 4 saturated carbocycles. The Kier molecular flexibility index (Phi) is 2.26. The molecule has 0 saturated heterocycles. The number of nitrogens with zero attached hydrogens (tertiary/aromatic N) is 2. The van der Waals surface area contributed by atoms with E-state index in [-0.39, 0.29) is 11.1 Å². The van der Waals surface area contributed by atoms with Crippen LogP contribution in [-0.2, 0) is 5.41 Å². The lowest BCUT2D eigenvalue weighted by molar-refractivity contribution is -0.00741. The largest absolute Gasteiger partial charge is 0.476 e. The van der Waals surface area contributed by atoms with Crippen LogP contribution in [0.1, 0.15) is 54.7 Å². The van der Waals surface area contributed by atoms with Crippen LogP contribution in [0, 0.1) is 17.8 Å². The Morgan fingerprint density at radius 1 is 1.05 bits per heavy atom. The summed E-state index contributed by atoms with van der Waals surface area (Å²) in [4.78, 5) is 19.4. The Morgan fingerprint density at radius 3 is 2.05 bits per heavy atom. The van der Waals surface area contributed by atoms with Crippen molar-refractivity contribution in [2.24, 2.45) is 17.8 Å². The standard InChI is InChI=1S/C15H18N2O2/c18-14(19)12-7-17-13(8-16-12)15-4-9-1-10(5-15)3-11(2-9)6-15/h7-11H,1-6H2,(H,18,19). The molecule has 19 heavy (non-hydrogen) atoms. The number of aromatic carboxylic acids is 1. The Labute approximate surface area is 112 Å². The van der Waals surface area contributed by atoms with E-state index in [1.54, 1.807) is 6.20 Å². The third kappa shape index (κ3) is 1.69. The average molecular weight is 258 g/mol. The van der Waals surface area contributed by atoms with Crippen molar-refractivity contribution in [2.75, 3.05) is 0 Å². The van der Waals surface area contributed by atoms with E-state index in [1.807, 2.05) is 0 Å². The van der Waals surface area contributed by atoms with E-state index in [1.165, 1.54) is 44.7 Å². The lowest BCUT2D eigenvalue weighted by Crippen LogP contribution is -2.49. The maximum Gasteiger partial charge on any atom is 0.356 e. The van der Waals surface area contributed by atoms with Crippen LogP contribution in [0.4, 0.5) is 0 Å². The van der Waals surface area contributed by atoms with Gasteiger partial charge in [-0.3, -0.25) is 4.98 Å². The molecule has 1 heterocycles. The summed E-state index contributed by atoms with van der Waals surface area (Å²) >= 11 is 0. The van der Waals surface area contributed by atoms with E-state index < -0.39 is 5.97 Å². The van der Waals surface area contributed by atoms with E-state index in [4.69, 9.17) is 5.11 Å². The fourth-order valence-corrected chi connectivity index (χ4v) is 5.14. The molecule has 1 aromatic heterocycles. The highest BCUT2D eigenvalue weighted by atomic mass is 16.4. The number of hydrogen-bond donors (Lipinski definition) is 1. The second kappa shape index (κ2) is 3.78. The molecule has 4 bridgehead atoms. The SMILES string of the molecule is O=C(O)c1cnc(C23CC4CC(CC(C4)C2)C3)cn1. The summed E-state index contributed by atoms with van der Waals surface area (Å²) in [6.45, 7) is 0. The maximum absolute atomic E-state index is 10.9. The maximum atomic E-state index is 10.9. The molecule has 4 aliphatic rings. The van der Waals surface area contributed by atoms with E-state index >= 15 is 0 Å². The topological polar surface area (TPSA) is 63.1 Å². The molecule has 4 fully saturated rings. The molecule has 0 atom stereocenters. The molecule has 100 valence electrons. The predicted molar refractivity (Wildman–Crippen MR) is 68.8 cm³/mol. The highest BCUT2D eigenvalue weighted by molar-refractivity contribution is 5.84. The fraction of sp³-hybridized carbons (Fsp3) is 0.667. The Hall–Kier alpha value is -1.45. The molecule has 0 spiro atoms. The second-order valence-corrected chi connectivity index (χ2v) is 6.79. The van der Waals surface area contributed by atoms with Gasteiger partial charge in [-0.25, -0.2) is 9.78 Å². The smallest absolute Gasteiger partial charge is 0.356 e. The van der Waals surface area contributed by atoms with Crippen molar-refractivity contribution in [3.05, 3.63) is 23.8 Å². The minimum absolute atomic E-state index is 0.0495. The first kappa shape index (κ1) is 11.4. The summed E-state index contributed by atoms with van der Waals surface area (Å²) in [5.41, 5.74) is 1.30. The van der Waals surface area contributed by atoms with E-state index in [9.17, 15) is 4.79 Å². The molecule has 5 rings (SSSR count). The number of rotatable bonds is 2. The van der Waals surface area contributed by atoms with Crippen LogP contribution in [0.5, 0.6) is 0 Å². The van der Waals surface area contributed by atoms with Gasteiger partial charge in [0.2, 0.25) is 0 Å². The summed E-state index contributed by atoms with van der Waals surface area (Å²) in [6, 6.07) is 0. The summed E-state index contributed by atoms with van der Waals surface area (Å²) < 4.78 is 0. The molecule has 0 unspecified atom stereocenters. The van der Waals surface area contributed by atoms with Crippen LogP contribution in [0.2, 0.25) is 0 Å². The van der Waals surface area contributed by atoms with Crippen molar-refractivity contribution in [1.29, 1.82) is 0 Å². The molecule has 0 aromatic carbocycles. The zero-order valence-electron chi connectivity index (χ0n) is 10.9. The van der Waals surface area contributed by atoms with Gasteiger partial charge < -0.3 is 5.11 Å². The van der Waals surface area contributed by atoms with Gasteiger partial charge in [0, 0.05) is 11.6 Å². The van der Waals surface area contributed by atoms with Gasteiger partial charge in [-0.2, -0.15) is 0 Å². The molecule has 0 aliphatic heterocycles. The number of carboxylic acid groups (broad SMARTS) is 1. The third-order valence-corrected chi connectivity index (χ3v) is 5.45. The van der Waals surface area contributed by atoms with E-state index in [2.05, 4.69) is 9.97 Å². The Balaban J connectivity index is 1.69. The molecule has 4 nitrogen and oxygen atoms in total. The first-order chi connectivity index (χ1) is 9.14. The van der Waals surface area contributed by atoms with Crippen LogP contribution in [-0.4, -0.2) is 21.0 Å². The van der Waals surface area contributed by atoms with Gasteiger partial charge in [-0.05, 0) is 56.3 Å². The van der Waals surface area contributed by atoms with Gasteiger partial charge in [-0.15, -0.1) is 0 Å². The molecule has 1 N–H and O–H groups in total. The first-order valence-corrected chi connectivity index (χ1v) is 7.20. The zero-order valence-corrected chi connectivity index (χ0v) is 10.9. The number of aromatic nitrogens is 2. The molecule has 4 aliphatic carbocycles. The Bertz CT molecular complexity index is 488. The third-order valence-electron chi connectivity index (χ3n) is 5.45. The minimum atomic E-state index is -0.996.